The van der Waals surface area contributed by atoms with Crippen molar-refractivity contribution in [3.05, 3.63) is 50.7 Å². The van der Waals surface area contributed by atoms with Crippen LogP contribution in [0.3, 0.4) is 0 Å². The third-order valence-corrected chi connectivity index (χ3v) is 4.30. The van der Waals surface area contributed by atoms with E-state index >= 15 is 0 Å². The van der Waals surface area contributed by atoms with Crippen LogP contribution < -0.4 is 21.4 Å². The lowest BCUT2D eigenvalue weighted by Crippen LogP contribution is -2.37. The van der Waals surface area contributed by atoms with E-state index in [1.165, 1.54) is 11.6 Å². The summed E-state index contributed by atoms with van der Waals surface area (Å²) in [6, 6.07) is 7.36. The smallest absolute Gasteiger partial charge is 0.332 e. The van der Waals surface area contributed by atoms with Gasteiger partial charge in [0.2, 0.25) is 5.95 Å². The fraction of sp³-hybridized carbons (Fsp3) is 0.333. The summed E-state index contributed by atoms with van der Waals surface area (Å²) in [5, 5.41) is 4.21. The maximum Gasteiger partial charge on any atom is 0.332 e. The molecule has 2 heterocycles. The highest BCUT2D eigenvalue weighted by Crippen LogP contribution is 2.21. The number of hydrazone groups is 1. The van der Waals surface area contributed by atoms with Gasteiger partial charge in [0.1, 0.15) is 5.75 Å². The third kappa shape index (κ3) is 3.23. The molecule has 0 aliphatic rings. The number of benzene rings is 1. The van der Waals surface area contributed by atoms with E-state index in [2.05, 4.69) is 15.5 Å². The Morgan fingerprint density at radius 1 is 1.15 bits per heavy atom. The lowest BCUT2D eigenvalue weighted by molar-refractivity contribution is 0.415. The van der Waals surface area contributed by atoms with Gasteiger partial charge in [-0.1, -0.05) is 0 Å². The molecule has 0 saturated carbocycles. The van der Waals surface area contributed by atoms with E-state index in [9.17, 15) is 9.59 Å². The molecule has 2 aromatic heterocycles. The summed E-state index contributed by atoms with van der Waals surface area (Å²) in [7, 11) is 4.65. The molecule has 0 saturated heterocycles. The maximum absolute atomic E-state index is 12.6. The number of ether oxygens (including phenoxy) is 1. The normalized spacial score (nSPS) is 11.6. The fourth-order valence-corrected chi connectivity index (χ4v) is 2.85. The Kier molecular flexibility index (Phi) is 4.85. The van der Waals surface area contributed by atoms with Crippen molar-refractivity contribution in [2.24, 2.45) is 19.2 Å². The monoisotopic (exact) mass is 370 g/mol. The quantitative estimate of drug-likeness (QED) is 0.542. The molecule has 0 atom stereocenters. The van der Waals surface area contributed by atoms with E-state index in [0.717, 1.165) is 15.9 Å². The first kappa shape index (κ1) is 18.4. The highest BCUT2D eigenvalue weighted by atomic mass is 16.5. The molecule has 0 unspecified atom stereocenters. The Morgan fingerprint density at radius 3 is 2.41 bits per heavy atom. The summed E-state index contributed by atoms with van der Waals surface area (Å²) in [5.41, 5.74) is 3.62. The van der Waals surface area contributed by atoms with Gasteiger partial charge in [0.05, 0.1) is 13.3 Å². The molecule has 0 bridgehead atoms. The SMILES string of the molecule is COc1ccc(C=NNc2nc3c(c(=O)n(C)c(=O)n3C)n2C(C)C)cc1. The minimum atomic E-state index is -0.422. The number of nitrogens with zero attached hydrogens (tertiary/aromatic N) is 5. The Morgan fingerprint density at radius 2 is 1.81 bits per heavy atom. The topological polar surface area (TPSA) is 95.4 Å². The van der Waals surface area contributed by atoms with Crippen molar-refractivity contribution in [3.8, 4) is 5.75 Å². The Labute approximate surface area is 155 Å². The van der Waals surface area contributed by atoms with Gasteiger partial charge in [-0.3, -0.25) is 13.9 Å². The number of nitrogens with one attached hydrogen (secondary N) is 1. The number of anilines is 1. The van der Waals surface area contributed by atoms with Crippen molar-refractivity contribution in [2.75, 3.05) is 12.5 Å². The van der Waals surface area contributed by atoms with Crippen LogP contribution in [-0.4, -0.2) is 32.0 Å². The van der Waals surface area contributed by atoms with E-state index in [1.807, 2.05) is 38.1 Å². The van der Waals surface area contributed by atoms with Crippen molar-refractivity contribution < 1.29 is 4.74 Å². The second-order valence-corrected chi connectivity index (χ2v) is 6.42. The average Bonchev–Trinajstić information content (AvgIpc) is 3.05. The molecule has 3 rings (SSSR count). The van der Waals surface area contributed by atoms with E-state index in [-0.39, 0.29) is 11.6 Å². The summed E-state index contributed by atoms with van der Waals surface area (Å²) in [6.07, 6.45) is 1.64. The number of aryl methyl sites for hydroxylation is 1. The molecule has 3 aromatic rings. The second kappa shape index (κ2) is 7.10. The Balaban J connectivity index is 2.03. The van der Waals surface area contributed by atoms with E-state index in [4.69, 9.17) is 4.74 Å². The summed E-state index contributed by atoms with van der Waals surface area (Å²) >= 11 is 0. The number of hydrogen-bond donors (Lipinski definition) is 1. The van der Waals surface area contributed by atoms with Crippen molar-refractivity contribution >= 4 is 23.3 Å². The van der Waals surface area contributed by atoms with Gasteiger partial charge in [0.25, 0.3) is 5.56 Å². The molecule has 0 spiro atoms. The van der Waals surface area contributed by atoms with Crippen LogP contribution in [0.25, 0.3) is 11.2 Å². The predicted octanol–water partition coefficient (Wildman–Crippen LogP) is 1.47. The molecule has 9 heteroatoms. The van der Waals surface area contributed by atoms with Gasteiger partial charge in [-0.2, -0.15) is 10.1 Å². The molecule has 142 valence electrons. The van der Waals surface area contributed by atoms with Crippen molar-refractivity contribution in [3.63, 3.8) is 0 Å². The molecule has 0 aliphatic carbocycles. The van der Waals surface area contributed by atoms with Gasteiger partial charge in [0.15, 0.2) is 11.2 Å². The van der Waals surface area contributed by atoms with E-state index in [0.29, 0.717) is 17.1 Å². The van der Waals surface area contributed by atoms with Crippen LogP contribution in [0.5, 0.6) is 5.75 Å². The molecule has 0 fully saturated rings. The van der Waals surface area contributed by atoms with Crippen molar-refractivity contribution in [2.45, 2.75) is 19.9 Å². The largest absolute Gasteiger partial charge is 0.497 e. The zero-order valence-electron chi connectivity index (χ0n) is 15.9. The van der Waals surface area contributed by atoms with Crippen LogP contribution in [0.4, 0.5) is 5.95 Å². The first-order valence-corrected chi connectivity index (χ1v) is 8.46. The predicted molar refractivity (Wildman–Crippen MR) is 105 cm³/mol. The van der Waals surface area contributed by atoms with Gasteiger partial charge in [-0.05, 0) is 43.7 Å². The summed E-state index contributed by atoms with van der Waals surface area (Å²) in [5.74, 6) is 1.15. The maximum atomic E-state index is 12.6. The number of rotatable bonds is 5. The Hall–Kier alpha value is -3.36. The minimum absolute atomic E-state index is 0.0566. The fourth-order valence-electron chi connectivity index (χ4n) is 2.85. The van der Waals surface area contributed by atoms with Crippen LogP contribution in [0, 0.1) is 0 Å². The van der Waals surface area contributed by atoms with Crippen LogP contribution in [-0.2, 0) is 14.1 Å². The van der Waals surface area contributed by atoms with Gasteiger partial charge in [0, 0.05) is 20.1 Å². The molecule has 1 N–H and O–H groups in total. The highest BCUT2D eigenvalue weighted by molar-refractivity contribution is 5.80. The second-order valence-electron chi connectivity index (χ2n) is 6.42. The zero-order chi connectivity index (χ0) is 19.7. The minimum Gasteiger partial charge on any atom is -0.497 e. The van der Waals surface area contributed by atoms with Crippen molar-refractivity contribution in [1.29, 1.82) is 0 Å². The van der Waals surface area contributed by atoms with Gasteiger partial charge >= 0.3 is 5.69 Å². The third-order valence-electron chi connectivity index (χ3n) is 4.30. The number of methoxy groups -OCH3 is 1. The van der Waals surface area contributed by atoms with Crippen molar-refractivity contribution in [1.82, 2.24) is 18.7 Å². The standard InChI is InChI=1S/C18H22N6O3/c1-11(2)24-14-15(22(3)18(26)23(4)16(14)25)20-17(24)21-19-10-12-6-8-13(27-5)9-7-12/h6-11H,1-5H3,(H,20,21). The van der Waals surface area contributed by atoms with E-state index < -0.39 is 5.69 Å². The molecule has 9 nitrogen and oxygen atoms in total. The molecule has 1 aromatic carbocycles. The summed E-state index contributed by atoms with van der Waals surface area (Å²) in [6.45, 7) is 3.87. The van der Waals surface area contributed by atoms with Gasteiger partial charge in [-0.15, -0.1) is 0 Å². The summed E-state index contributed by atoms with van der Waals surface area (Å²) < 4.78 is 9.30. The molecular formula is C18H22N6O3. The summed E-state index contributed by atoms with van der Waals surface area (Å²) in [4.78, 5) is 29.2. The van der Waals surface area contributed by atoms with Crippen LogP contribution in [0.15, 0.2) is 39.0 Å². The Bertz CT molecular complexity index is 1120. The first-order chi connectivity index (χ1) is 12.8. The first-order valence-electron chi connectivity index (χ1n) is 8.46. The number of fused-ring (bicyclic) bond motifs is 1. The molecule has 27 heavy (non-hydrogen) atoms. The van der Waals surface area contributed by atoms with Crippen LogP contribution in [0.2, 0.25) is 0 Å². The lowest BCUT2D eigenvalue weighted by atomic mass is 10.2. The lowest BCUT2D eigenvalue weighted by Gasteiger charge is -2.12. The zero-order valence-corrected chi connectivity index (χ0v) is 15.9. The molecule has 0 radical (unpaired) electrons. The molecule has 0 amide bonds. The van der Waals surface area contributed by atoms with Crippen LogP contribution >= 0.6 is 0 Å². The number of aromatic nitrogens is 4. The molecular weight excluding hydrogens is 348 g/mol. The average molecular weight is 370 g/mol. The van der Waals surface area contributed by atoms with Crippen LogP contribution in [0.1, 0.15) is 25.5 Å². The van der Waals surface area contributed by atoms with Gasteiger partial charge in [-0.25, -0.2) is 10.2 Å². The van der Waals surface area contributed by atoms with Gasteiger partial charge < -0.3 is 9.30 Å². The van der Waals surface area contributed by atoms with E-state index in [1.54, 1.807) is 24.9 Å². The number of hydrogen-bond acceptors (Lipinski definition) is 6. The molecule has 0 aliphatic heterocycles. The number of imidazole rings is 1. The highest BCUT2D eigenvalue weighted by Gasteiger charge is 2.20.